The van der Waals surface area contributed by atoms with Crippen molar-refractivity contribution in [2.75, 3.05) is 12.5 Å². The third kappa shape index (κ3) is 5.60. The minimum absolute atomic E-state index is 0.756. The number of hydrogen-bond donors (Lipinski definition) is 0. The van der Waals surface area contributed by atoms with E-state index in [4.69, 9.17) is 16.3 Å². The first-order chi connectivity index (χ1) is 15.4. The maximum Gasteiger partial charge on any atom is 0.119 e. The first-order valence-electron chi connectivity index (χ1n) is 11.5. The van der Waals surface area contributed by atoms with Crippen LogP contribution in [0.25, 0.3) is 11.1 Å². The molecule has 1 aliphatic rings. The van der Waals surface area contributed by atoms with Crippen molar-refractivity contribution in [3.05, 3.63) is 101 Å². The van der Waals surface area contributed by atoms with Crippen molar-refractivity contribution in [3.8, 4) is 5.75 Å². The van der Waals surface area contributed by atoms with E-state index in [1.807, 2.05) is 0 Å². The third-order valence-corrected chi connectivity index (χ3v) is 6.29. The Labute approximate surface area is 191 Å². The van der Waals surface area contributed by atoms with Gasteiger partial charge in [-0.3, -0.25) is 0 Å². The Kier molecular flexibility index (Phi) is 7.85. The molecule has 0 amide bonds. The van der Waals surface area contributed by atoms with Crippen molar-refractivity contribution < 1.29 is 4.74 Å². The zero-order valence-electron chi connectivity index (χ0n) is 18.2. The van der Waals surface area contributed by atoms with E-state index in [0.717, 1.165) is 43.9 Å². The molecule has 0 unspecified atom stereocenters. The van der Waals surface area contributed by atoms with Gasteiger partial charge in [-0.2, -0.15) is 0 Å². The van der Waals surface area contributed by atoms with Crippen LogP contribution >= 0.6 is 11.6 Å². The summed E-state index contributed by atoms with van der Waals surface area (Å²) in [6.45, 7) is 0.766. The number of hydrogen-bond acceptors (Lipinski definition) is 1. The molecule has 1 aliphatic carbocycles. The minimum atomic E-state index is 0.756. The second-order valence-electron chi connectivity index (χ2n) is 8.21. The SMILES string of the molecule is ClCCCCCCOc1ccc(C2=C(c3ccccc3)CCCc3ccccc32)cc1. The number of benzene rings is 3. The number of fused-ring (bicyclic) bond motifs is 1. The second-order valence-corrected chi connectivity index (χ2v) is 8.58. The fraction of sp³-hybridized carbons (Fsp3) is 0.310. The van der Waals surface area contributed by atoms with Gasteiger partial charge < -0.3 is 4.74 Å². The monoisotopic (exact) mass is 430 g/mol. The average Bonchev–Trinajstić information content (AvgIpc) is 3.02. The molecule has 2 heteroatoms. The van der Waals surface area contributed by atoms with E-state index in [-0.39, 0.29) is 0 Å². The van der Waals surface area contributed by atoms with Crippen LogP contribution in [-0.4, -0.2) is 12.5 Å². The number of rotatable bonds is 9. The van der Waals surface area contributed by atoms with Gasteiger partial charge in [0, 0.05) is 5.88 Å². The molecule has 0 saturated carbocycles. The number of allylic oxidation sites excluding steroid dienone is 1. The summed E-state index contributed by atoms with van der Waals surface area (Å²) in [7, 11) is 0. The highest BCUT2D eigenvalue weighted by molar-refractivity contribution is 6.17. The highest BCUT2D eigenvalue weighted by Crippen LogP contribution is 2.40. The van der Waals surface area contributed by atoms with Gasteiger partial charge in [0.15, 0.2) is 0 Å². The highest BCUT2D eigenvalue weighted by Gasteiger charge is 2.19. The number of unbranched alkanes of at least 4 members (excludes halogenated alkanes) is 3. The Bertz CT molecular complexity index is 989. The van der Waals surface area contributed by atoms with Gasteiger partial charge in [0.25, 0.3) is 0 Å². The zero-order chi connectivity index (χ0) is 21.3. The second kappa shape index (κ2) is 11.2. The lowest BCUT2D eigenvalue weighted by molar-refractivity contribution is 0.305. The van der Waals surface area contributed by atoms with Gasteiger partial charge in [0.05, 0.1) is 6.61 Å². The van der Waals surface area contributed by atoms with E-state index < -0.39 is 0 Å². The smallest absolute Gasteiger partial charge is 0.119 e. The molecule has 0 N–H and O–H groups in total. The first-order valence-corrected chi connectivity index (χ1v) is 12.1. The molecule has 0 heterocycles. The van der Waals surface area contributed by atoms with Crippen molar-refractivity contribution in [3.63, 3.8) is 0 Å². The van der Waals surface area contributed by atoms with E-state index in [2.05, 4.69) is 78.9 Å². The van der Waals surface area contributed by atoms with Crippen molar-refractivity contribution in [1.82, 2.24) is 0 Å². The van der Waals surface area contributed by atoms with E-state index in [1.165, 1.54) is 52.7 Å². The summed E-state index contributed by atoms with van der Waals surface area (Å²) >= 11 is 5.75. The van der Waals surface area contributed by atoms with Crippen LogP contribution in [0.4, 0.5) is 0 Å². The summed E-state index contributed by atoms with van der Waals surface area (Å²) in [6.07, 6.45) is 7.92. The summed E-state index contributed by atoms with van der Waals surface area (Å²) in [4.78, 5) is 0. The number of aryl methyl sites for hydroxylation is 1. The van der Waals surface area contributed by atoms with Crippen LogP contribution in [0, 0.1) is 0 Å². The molecule has 0 bridgehead atoms. The largest absolute Gasteiger partial charge is 0.494 e. The van der Waals surface area contributed by atoms with Crippen molar-refractivity contribution in [1.29, 1.82) is 0 Å². The lowest BCUT2D eigenvalue weighted by atomic mass is 9.88. The van der Waals surface area contributed by atoms with E-state index in [1.54, 1.807) is 0 Å². The van der Waals surface area contributed by atoms with Gasteiger partial charge in [-0.25, -0.2) is 0 Å². The van der Waals surface area contributed by atoms with Crippen LogP contribution in [0.3, 0.4) is 0 Å². The molecule has 31 heavy (non-hydrogen) atoms. The molecule has 0 radical (unpaired) electrons. The summed E-state index contributed by atoms with van der Waals surface area (Å²) < 4.78 is 5.99. The van der Waals surface area contributed by atoms with Gasteiger partial charge in [0.1, 0.15) is 5.75 Å². The molecule has 1 nitrogen and oxygen atoms in total. The maximum atomic E-state index is 5.99. The van der Waals surface area contributed by atoms with Crippen molar-refractivity contribution in [2.24, 2.45) is 0 Å². The molecule has 4 rings (SSSR count). The normalized spacial score (nSPS) is 13.6. The molecule has 0 spiro atoms. The Morgan fingerprint density at radius 3 is 2.23 bits per heavy atom. The summed E-state index contributed by atoms with van der Waals surface area (Å²) in [5.74, 6) is 1.71. The van der Waals surface area contributed by atoms with Crippen LogP contribution in [0.1, 0.15) is 60.8 Å². The van der Waals surface area contributed by atoms with Crippen molar-refractivity contribution >= 4 is 22.7 Å². The minimum Gasteiger partial charge on any atom is -0.494 e. The third-order valence-electron chi connectivity index (χ3n) is 6.02. The maximum absolute atomic E-state index is 5.99. The van der Waals surface area contributed by atoms with Gasteiger partial charge in [-0.05, 0) is 77.6 Å². The van der Waals surface area contributed by atoms with Crippen LogP contribution in [0.2, 0.25) is 0 Å². The molecule has 0 aliphatic heterocycles. The Balaban J connectivity index is 1.61. The molecule has 0 saturated heterocycles. The molecule has 0 fully saturated rings. The summed E-state index contributed by atoms with van der Waals surface area (Å²) in [6, 6.07) is 28.4. The highest BCUT2D eigenvalue weighted by atomic mass is 35.5. The quantitative estimate of drug-likeness (QED) is 0.245. The average molecular weight is 431 g/mol. The van der Waals surface area contributed by atoms with Gasteiger partial charge >= 0.3 is 0 Å². The molecule has 0 atom stereocenters. The molecular formula is C29H31ClO. The van der Waals surface area contributed by atoms with Crippen LogP contribution in [-0.2, 0) is 6.42 Å². The topological polar surface area (TPSA) is 9.23 Å². The van der Waals surface area contributed by atoms with Gasteiger partial charge in [0.2, 0.25) is 0 Å². The molecule has 3 aromatic rings. The Morgan fingerprint density at radius 1 is 0.677 bits per heavy atom. The number of halogens is 1. The van der Waals surface area contributed by atoms with E-state index >= 15 is 0 Å². The molecule has 3 aromatic carbocycles. The zero-order valence-corrected chi connectivity index (χ0v) is 18.9. The van der Waals surface area contributed by atoms with E-state index in [9.17, 15) is 0 Å². The van der Waals surface area contributed by atoms with Gasteiger partial charge in [-0.15, -0.1) is 11.6 Å². The summed E-state index contributed by atoms with van der Waals surface area (Å²) in [5.41, 5.74) is 8.21. The van der Waals surface area contributed by atoms with Crippen LogP contribution in [0.5, 0.6) is 5.75 Å². The lowest BCUT2D eigenvalue weighted by Gasteiger charge is -2.17. The predicted molar refractivity (Wildman–Crippen MR) is 133 cm³/mol. The lowest BCUT2D eigenvalue weighted by Crippen LogP contribution is -1.99. The fourth-order valence-corrected chi connectivity index (χ4v) is 4.63. The number of ether oxygens (including phenoxy) is 1. The van der Waals surface area contributed by atoms with E-state index in [0.29, 0.717) is 0 Å². The molecular weight excluding hydrogens is 400 g/mol. The standard InChI is InChI=1S/C29H31ClO/c30-21-8-1-2-9-22-31-26-19-17-25(18-20-26)29-27-15-7-6-13-24(27)14-10-16-28(29)23-11-4-3-5-12-23/h3-7,11-13,15,17-20H,1-2,8-10,14,16,21-22H2. The van der Waals surface area contributed by atoms with Crippen LogP contribution in [0.15, 0.2) is 78.9 Å². The predicted octanol–water partition coefficient (Wildman–Crippen LogP) is 8.16. The van der Waals surface area contributed by atoms with Crippen LogP contribution < -0.4 is 4.74 Å². The Hall–Kier alpha value is -2.51. The van der Waals surface area contributed by atoms with Gasteiger partial charge in [-0.1, -0.05) is 79.6 Å². The Morgan fingerprint density at radius 2 is 1.42 bits per heavy atom. The summed E-state index contributed by atoms with van der Waals surface area (Å²) in [5, 5.41) is 0. The van der Waals surface area contributed by atoms with Crippen molar-refractivity contribution in [2.45, 2.75) is 44.9 Å². The fourth-order valence-electron chi connectivity index (χ4n) is 4.44. The molecule has 160 valence electrons. The molecule has 0 aromatic heterocycles. The number of alkyl halides is 1. The first kappa shape index (κ1) is 21.7.